The molecule has 1 aromatic carbocycles. The number of hydrogen-bond acceptors (Lipinski definition) is 3. The Morgan fingerprint density at radius 2 is 2.05 bits per heavy atom. The third-order valence-corrected chi connectivity index (χ3v) is 2.80. The molecule has 0 aliphatic rings. The molecule has 1 amide bonds. The smallest absolute Gasteiger partial charge is 0.250 e. The number of hydrogen-bond donors (Lipinski definition) is 2. The van der Waals surface area contributed by atoms with E-state index >= 15 is 0 Å². The molecule has 0 atom stereocenters. The van der Waals surface area contributed by atoms with Gasteiger partial charge in [-0.3, -0.25) is 4.79 Å². The number of unbranched alkanes of at least 4 members (excludes halogenated alkanes) is 4. The first-order valence-electron chi connectivity index (χ1n) is 6.95. The van der Waals surface area contributed by atoms with E-state index < -0.39 is 0 Å². The molecule has 0 aromatic heterocycles. The predicted molar refractivity (Wildman–Crippen MR) is 79.1 cm³/mol. The van der Waals surface area contributed by atoms with Crippen LogP contribution >= 0.6 is 0 Å². The van der Waals surface area contributed by atoms with Gasteiger partial charge in [0.05, 0.1) is 0 Å². The van der Waals surface area contributed by atoms with Crippen molar-refractivity contribution in [3.05, 3.63) is 24.3 Å². The highest BCUT2D eigenvalue weighted by Gasteiger charge is 2.02. The maximum Gasteiger partial charge on any atom is 0.250 e. The van der Waals surface area contributed by atoms with Gasteiger partial charge in [-0.15, -0.1) is 0 Å². The van der Waals surface area contributed by atoms with Gasteiger partial charge < -0.3 is 15.8 Å². The Morgan fingerprint density at radius 3 is 2.79 bits per heavy atom. The minimum absolute atomic E-state index is 0.0998. The average Bonchev–Trinajstić information content (AvgIpc) is 2.37. The third kappa shape index (κ3) is 7.47. The number of nitrogen functional groups attached to an aromatic ring is 1. The van der Waals surface area contributed by atoms with Gasteiger partial charge in [0.1, 0.15) is 6.61 Å². The second kappa shape index (κ2) is 9.39. The Kier molecular flexibility index (Phi) is 7.66. The van der Waals surface area contributed by atoms with Gasteiger partial charge in [-0.2, -0.15) is 0 Å². The number of nitrogens with one attached hydrogen (secondary N) is 1. The molecule has 1 aromatic rings. The number of carbonyl (C=O) groups is 1. The molecule has 0 fully saturated rings. The Hall–Kier alpha value is -1.55. The van der Waals surface area contributed by atoms with Crippen molar-refractivity contribution >= 4 is 17.3 Å². The zero-order valence-corrected chi connectivity index (χ0v) is 11.7. The summed E-state index contributed by atoms with van der Waals surface area (Å²) in [6.45, 7) is 2.94. The molecular weight excluding hydrogens is 240 g/mol. The quantitative estimate of drug-likeness (QED) is 0.532. The number of benzene rings is 1. The third-order valence-electron chi connectivity index (χ3n) is 2.80. The minimum atomic E-state index is -0.140. The van der Waals surface area contributed by atoms with Crippen molar-refractivity contribution in [2.24, 2.45) is 0 Å². The molecule has 3 N–H and O–H groups in total. The van der Waals surface area contributed by atoms with Gasteiger partial charge in [0.2, 0.25) is 5.91 Å². The monoisotopic (exact) mass is 264 g/mol. The molecule has 0 radical (unpaired) electrons. The molecular formula is C15H24N2O2. The number of nitrogens with two attached hydrogens (primary N) is 1. The fraction of sp³-hybridized carbons (Fsp3) is 0.533. The second-order valence-corrected chi connectivity index (χ2v) is 4.64. The van der Waals surface area contributed by atoms with Gasteiger partial charge in [0.15, 0.2) is 0 Å². The van der Waals surface area contributed by atoms with Crippen LogP contribution in [0.3, 0.4) is 0 Å². The molecule has 0 aliphatic carbocycles. The van der Waals surface area contributed by atoms with Crippen LogP contribution in [0.2, 0.25) is 0 Å². The summed E-state index contributed by atoms with van der Waals surface area (Å²) in [5.41, 5.74) is 6.97. The Labute approximate surface area is 115 Å². The van der Waals surface area contributed by atoms with Crippen LogP contribution in [-0.4, -0.2) is 19.1 Å². The Morgan fingerprint density at radius 1 is 1.26 bits per heavy atom. The van der Waals surface area contributed by atoms with Crippen LogP contribution < -0.4 is 11.1 Å². The molecule has 4 nitrogen and oxygen atoms in total. The van der Waals surface area contributed by atoms with Crippen LogP contribution in [0.25, 0.3) is 0 Å². The lowest BCUT2D eigenvalue weighted by atomic mass is 10.2. The zero-order valence-electron chi connectivity index (χ0n) is 11.7. The number of anilines is 2. The average molecular weight is 264 g/mol. The molecule has 19 heavy (non-hydrogen) atoms. The summed E-state index contributed by atoms with van der Waals surface area (Å²) < 4.78 is 5.33. The molecule has 0 unspecified atom stereocenters. The number of ether oxygens (including phenoxy) is 1. The van der Waals surface area contributed by atoms with Gasteiger partial charge in [-0.05, 0) is 24.6 Å². The summed E-state index contributed by atoms with van der Waals surface area (Å²) in [7, 11) is 0. The van der Waals surface area contributed by atoms with Crippen molar-refractivity contribution in [3.63, 3.8) is 0 Å². The molecule has 4 heteroatoms. The van der Waals surface area contributed by atoms with Crippen molar-refractivity contribution in [2.45, 2.75) is 39.0 Å². The molecule has 0 saturated carbocycles. The van der Waals surface area contributed by atoms with Gasteiger partial charge in [0.25, 0.3) is 0 Å². The Bertz CT molecular complexity index is 380. The van der Waals surface area contributed by atoms with Gasteiger partial charge in [-0.1, -0.05) is 38.7 Å². The topological polar surface area (TPSA) is 64.3 Å². The van der Waals surface area contributed by atoms with Crippen molar-refractivity contribution in [3.8, 4) is 0 Å². The molecule has 0 bridgehead atoms. The molecule has 0 spiro atoms. The predicted octanol–water partition coefficient (Wildman–Crippen LogP) is 3.19. The van der Waals surface area contributed by atoms with Crippen LogP contribution in [0.4, 0.5) is 11.4 Å². The standard InChI is InChI=1S/C15H24N2O2/c1-2-3-4-5-6-10-19-12-15(18)17-14-9-7-8-13(16)11-14/h7-9,11H,2-6,10,12,16H2,1H3,(H,17,18). The van der Waals surface area contributed by atoms with Crippen LogP contribution in [0.15, 0.2) is 24.3 Å². The second-order valence-electron chi connectivity index (χ2n) is 4.64. The van der Waals surface area contributed by atoms with Crippen LogP contribution in [0.5, 0.6) is 0 Å². The first-order chi connectivity index (χ1) is 9.22. The SMILES string of the molecule is CCCCCCCOCC(=O)Nc1cccc(N)c1. The summed E-state index contributed by atoms with van der Waals surface area (Å²) in [5.74, 6) is -0.140. The van der Waals surface area contributed by atoms with Crippen molar-refractivity contribution < 1.29 is 9.53 Å². The van der Waals surface area contributed by atoms with E-state index in [-0.39, 0.29) is 12.5 Å². The van der Waals surface area contributed by atoms with E-state index in [1.54, 1.807) is 24.3 Å². The maximum atomic E-state index is 11.6. The van der Waals surface area contributed by atoms with Gasteiger partial charge in [0, 0.05) is 18.0 Å². The van der Waals surface area contributed by atoms with Crippen LogP contribution in [0.1, 0.15) is 39.0 Å². The summed E-state index contributed by atoms with van der Waals surface area (Å²) >= 11 is 0. The van der Waals surface area contributed by atoms with Crippen molar-refractivity contribution in [1.29, 1.82) is 0 Å². The minimum Gasteiger partial charge on any atom is -0.399 e. The lowest BCUT2D eigenvalue weighted by Gasteiger charge is -2.07. The van der Waals surface area contributed by atoms with Crippen LogP contribution in [-0.2, 0) is 9.53 Å². The fourth-order valence-electron chi connectivity index (χ4n) is 1.79. The summed E-state index contributed by atoms with van der Waals surface area (Å²) in [6.07, 6.45) is 5.95. The lowest BCUT2D eigenvalue weighted by molar-refractivity contribution is -0.120. The van der Waals surface area contributed by atoms with Crippen molar-refractivity contribution in [1.82, 2.24) is 0 Å². The number of amides is 1. The Balaban J connectivity index is 2.08. The molecule has 0 heterocycles. The highest BCUT2D eigenvalue weighted by Crippen LogP contribution is 2.11. The van der Waals surface area contributed by atoms with Crippen molar-refractivity contribution in [2.75, 3.05) is 24.3 Å². The highest BCUT2D eigenvalue weighted by molar-refractivity contribution is 5.92. The molecule has 106 valence electrons. The molecule has 1 rings (SSSR count). The van der Waals surface area contributed by atoms with Gasteiger partial charge >= 0.3 is 0 Å². The van der Waals surface area contributed by atoms with E-state index in [2.05, 4.69) is 12.2 Å². The zero-order chi connectivity index (χ0) is 13.9. The fourth-order valence-corrected chi connectivity index (χ4v) is 1.79. The van der Waals surface area contributed by atoms with E-state index in [1.165, 1.54) is 25.7 Å². The lowest BCUT2D eigenvalue weighted by Crippen LogP contribution is -2.18. The van der Waals surface area contributed by atoms with E-state index in [0.717, 1.165) is 6.42 Å². The summed E-state index contributed by atoms with van der Waals surface area (Å²) in [6, 6.07) is 7.11. The number of carbonyl (C=O) groups excluding carboxylic acids is 1. The summed E-state index contributed by atoms with van der Waals surface area (Å²) in [4.78, 5) is 11.6. The first kappa shape index (κ1) is 15.5. The molecule has 0 aliphatic heterocycles. The van der Waals surface area contributed by atoms with E-state index in [4.69, 9.17) is 10.5 Å². The normalized spacial score (nSPS) is 10.4. The molecule has 0 saturated heterocycles. The van der Waals surface area contributed by atoms with E-state index in [9.17, 15) is 4.79 Å². The van der Waals surface area contributed by atoms with E-state index in [1.807, 2.05) is 0 Å². The largest absolute Gasteiger partial charge is 0.399 e. The van der Waals surface area contributed by atoms with Crippen LogP contribution in [0, 0.1) is 0 Å². The highest BCUT2D eigenvalue weighted by atomic mass is 16.5. The summed E-state index contributed by atoms with van der Waals surface area (Å²) in [5, 5.41) is 2.75. The van der Waals surface area contributed by atoms with E-state index in [0.29, 0.717) is 18.0 Å². The maximum absolute atomic E-state index is 11.6. The van der Waals surface area contributed by atoms with Gasteiger partial charge in [-0.25, -0.2) is 0 Å². The number of rotatable bonds is 9. The first-order valence-corrected chi connectivity index (χ1v) is 6.95.